The van der Waals surface area contributed by atoms with Crippen molar-refractivity contribution in [1.82, 2.24) is 5.32 Å². The molecule has 2 rings (SSSR count). The van der Waals surface area contributed by atoms with Crippen LogP contribution in [0.3, 0.4) is 0 Å². The van der Waals surface area contributed by atoms with Gasteiger partial charge in [-0.25, -0.2) is 0 Å². The molecular formula is C19H23N3O2S. The van der Waals surface area contributed by atoms with Crippen LogP contribution in [-0.4, -0.2) is 38.7 Å². The predicted molar refractivity (Wildman–Crippen MR) is 104 cm³/mol. The lowest BCUT2D eigenvalue weighted by atomic mass is 10.1. The van der Waals surface area contributed by atoms with Gasteiger partial charge in [0.05, 0.1) is 5.69 Å². The quantitative estimate of drug-likeness (QED) is 0.616. The van der Waals surface area contributed by atoms with E-state index >= 15 is 0 Å². The van der Waals surface area contributed by atoms with E-state index in [1.165, 1.54) is 11.8 Å². The maximum absolute atomic E-state index is 12.0. The molecule has 25 heavy (non-hydrogen) atoms. The molecular weight excluding hydrogens is 334 g/mol. The molecule has 0 spiro atoms. The summed E-state index contributed by atoms with van der Waals surface area (Å²) in [7, 11) is 3.98. The SMILES string of the molecule is CSc1ccccc1NC(=O)C(=O)NCCc1ccc(N(C)C)cc1. The lowest BCUT2D eigenvalue weighted by molar-refractivity contribution is -0.136. The van der Waals surface area contributed by atoms with Crippen molar-refractivity contribution in [1.29, 1.82) is 0 Å². The highest BCUT2D eigenvalue weighted by atomic mass is 32.2. The van der Waals surface area contributed by atoms with E-state index in [2.05, 4.69) is 10.6 Å². The summed E-state index contributed by atoms with van der Waals surface area (Å²) in [6.07, 6.45) is 2.60. The number of carbonyl (C=O) groups excluding carboxylic acids is 2. The van der Waals surface area contributed by atoms with Crippen LogP contribution >= 0.6 is 11.8 Å². The van der Waals surface area contributed by atoms with Gasteiger partial charge in [-0.2, -0.15) is 0 Å². The molecule has 0 saturated heterocycles. The molecule has 0 aromatic heterocycles. The minimum atomic E-state index is -0.649. The van der Waals surface area contributed by atoms with Crippen molar-refractivity contribution in [3.05, 3.63) is 54.1 Å². The first-order valence-electron chi connectivity index (χ1n) is 7.99. The number of hydrogen-bond acceptors (Lipinski definition) is 4. The monoisotopic (exact) mass is 357 g/mol. The molecule has 2 aromatic rings. The van der Waals surface area contributed by atoms with Crippen LogP contribution in [0.1, 0.15) is 5.56 Å². The molecule has 0 aliphatic heterocycles. The molecule has 2 N–H and O–H groups in total. The zero-order valence-corrected chi connectivity index (χ0v) is 15.5. The summed E-state index contributed by atoms with van der Waals surface area (Å²) in [5, 5.41) is 5.31. The van der Waals surface area contributed by atoms with Gasteiger partial charge in [0.25, 0.3) is 0 Å². The zero-order valence-electron chi connectivity index (χ0n) is 14.7. The van der Waals surface area contributed by atoms with Crippen LogP contribution in [0.2, 0.25) is 0 Å². The maximum atomic E-state index is 12.0. The molecule has 0 aliphatic carbocycles. The van der Waals surface area contributed by atoms with Crippen molar-refractivity contribution in [3.63, 3.8) is 0 Å². The van der Waals surface area contributed by atoms with Gasteiger partial charge in [-0.3, -0.25) is 9.59 Å². The van der Waals surface area contributed by atoms with Gasteiger partial charge in [0, 0.05) is 31.2 Å². The number of nitrogens with one attached hydrogen (secondary N) is 2. The van der Waals surface area contributed by atoms with E-state index < -0.39 is 11.8 Å². The van der Waals surface area contributed by atoms with E-state index in [1.807, 2.05) is 67.7 Å². The average Bonchev–Trinajstić information content (AvgIpc) is 2.62. The Morgan fingerprint density at radius 2 is 1.68 bits per heavy atom. The van der Waals surface area contributed by atoms with Crippen LogP contribution in [-0.2, 0) is 16.0 Å². The van der Waals surface area contributed by atoms with E-state index in [4.69, 9.17) is 0 Å². The Balaban J connectivity index is 1.82. The molecule has 0 bridgehead atoms. The number of benzene rings is 2. The van der Waals surface area contributed by atoms with Crippen LogP contribution in [0.15, 0.2) is 53.4 Å². The maximum Gasteiger partial charge on any atom is 0.313 e. The van der Waals surface area contributed by atoms with Crippen LogP contribution in [0.5, 0.6) is 0 Å². The lowest BCUT2D eigenvalue weighted by Crippen LogP contribution is -2.36. The van der Waals surface area contributed by atoms with Crippen LogP contribution in [0.25, 0.3) is 0 Å². The van der Waals surface area contributed by atoms with Gasteiger partial charge >= 0.3 is 11.8 Å². The Morgan fingerprint density at radius 1 is 1.00 bits per heavy atom. The van der Waals surface area contributed by atoms with Gasteiger partial charge in [0.2, 0.25) is 0 Å². The number of anilines is 2. The van der Waals surface area contributed by atoms with Gasteiger partial charge in [0.15, 0.2) is 0 Å². The number of nitrogens with zero attached hydrogens (tertiary/aromatic N) is 1. The Kier molecular flexibility index (Phi) is 6.89. The minimum Gasteiger partial charge on any atom is -0.378 e. The molecule has 0 radical (unpaired) electrons. The minimum absolute atomic E-state index is 0.414. The summed E-state index contributed by atoms with van der Waals surface area (Å²) in [4.78, 5) is 26.9. The molecule has 0 heterocycles. The van der Waals surface area contributed by atoms with Gasteiger partial charge in [-0.05, 0) is 42.5 Å². The molecule has 2 amide bonds. The van der Waals surface area contributed by atoms with Gasteiger partial charge in [0.1, 0.15) is 0 Å². The Bertz CT molecular complexity index is 730. The summed E-state index contributed by atoms with van der Waals surface area (Å²) in [5.74, 6) is -1.27. The number of rotatable bonds is 6. The topological polar surface area (TPSA) is 61.4 Å². The Hall–Kier alpha value is -2.47. The van der Waals surface area contributed by atoms with Crippen LogP contribution in [0, 0.1) is 0 Å². The van der Waals surface area contributed by atoms with Gasteiger partial charge in [-0.1, -0.05) is 24.3 Å². The van der Waals surface area contributed by atoms with E-state index in [1.54, 1.807) is 6.07 Å². The molecule has 0 aliphatic rings. The number of para-hydroxylation sites is 1. The van der Waals surface area contributed by atoms with Gasteiger partial charge < -0.3 is 15.5 Å². The average molecular weight is 357 g/mol. The van der Waals surface area contributed by atoms with E-state index in [0.717, 1.165) is 16.1 Å². The smallest absolute Gasteiger partial charge is 0.313 e. The normalized spacial score (nSPS) is 10.2. The Morgan fingerprint density at radius 3 is 2.32 bits per heavy atom. The number of carbonyl (C=O) groups is 2. The highest BCUT2D eigenvalue weighted by molar-refractivity contribution is 7.98. The molecule has 5 nitrogen and oxygen atoms in total. The molecule has 0 unspecified atom stereocenters. The number of hydrogen-bond donors (Lipinski definition) is 2. The van der Waals surface area contributed by atoms with Crippen molar-refractivity contribution < 1.29 is 9.59 Å². The number of thioether (sulfide) groups is 1. The molecule has 0 fully saturated rings. The van der Waals surface area contributed by atoms with Crippen molar-refractivity contribution in [3.8, 4) is 0 Å². The first kappa shape index (κ1) is 18.9. The predicted octanol–water partition coefficient (Wildman–Crippen LogP) is 2.77. The second-order valence-electron chi connectivity index (χ2n) is 5.72. The largest absolute Gasteiger partial charge is 0.378 e. The molecule has 0 atom stereocenters. The standard InChI is InChI=1S/C19H23N3O2S/c1-22(2)15-10-8-14(9-11-15)12-13-20-18(23)19(24)21-16-6-4-5-7-17(16)25-3/h4-11H,12-13H2,1-3H3,(H,20,23)(H,21,24). The van der Waals surface area contributed by atoms with Gasteiger partial charge in [-0.15, -0.1) is 11.8 Å². The summed E-state index contributed by atoms with van der Waals surface area (Å²) in [6, 6.07) is 15.5. The van der Waals surface area contributed by atoms with E-state index in [-0.39, 0.29) is 0 Å². The highest BCUT2D eigenvalue weighted by Crippen LogP contribution is 2.24. The first-order chi connectivity index (χ1) is 12.0. The van der Waals surface area contributed by atoms with Crippen LogP contribution < -0.4 is 15.5 Å². The summed E-state index contributed by atoms with van der Waals surface area (Å²) in [6.45, 7) is 0.414. The molecule has 2 aromatic carbocycles. The summed E-state index contributed by atoms with van der Waals surface area (Å²) in [5.41, 5.74) is 2.88. The highest BCUT2D eigenvalue weighted by Gasteiger charge is 2.14. The summed E-state index contributed by atoms with van der Waals surface area (Å²) >= 11 is 1.52. The van der Waals surface area contributed by atoms with Crippen molar-refractivity contribution >= 4 is 35.0 Å². The fraction of sp³-hybridized carbons (Fsp3) is 0.263. The third kappa shape index (κ3) is 5.53. The van der Waals surface area contributed by atoms with Crippen molar-refractivity contribution in [2.45, 2.75) is 11.3 Å². The number of amides is 2. The first-order valence-corrected chi connectivity index (χ1v) is 9.22. The van der Waals surface area contributed by atoms with E-state index in [9.17, 15) is 9.59 Å². The van der Waals surface area contributed by atoms with Crippen molar-refractivity contribution in [2.75, 3.05) is 37.1 Å². The zero-order chi connectivity index (χ0) is 18.2. The molecule has 132 valence electrons. The summed E-state index contributed by atoms with van der Waals surface area (Å²) < 4.78 is 0. The second-order valence-corrected chi connectivity index (χ2v) is 6.57. The molecule has 6 heteroatoms. The Labute approximate surface area is 152 Å². The fourth-order valence-electron chi connectivity index (χ4n) is 2.29. The second kappa shape index (κ2) is 9.13. The van der Waals surface area contributed by atoms with Crippen molar-refractivity contribution in [2.24, 2.45) is 0 Å². The third-order valence-corrected chi connectivity index (χ3v) is 4.51. The lowest BCUT2D eigenvalue weighted by Gasteiger charge is -2.13. The van der Waals surface area contributed by atoms with E-state index in [0.29, 0.717) is 18.7 Å². The fourth-order valence-corrected chi connectivity index (χ4v) is 2.84. The van der Waals surface area contributed by atoms with Crippen LogP contribution in [0.4, 0.5) is 11.4 Å². The third-order valence-electron chi connectivity index (χ3n) is 3.71. The molecule has 0 saturated carbocycles.